The van der Waals surface area contributed by atoms with Gasteiger partial charge in [-0.2, -0.15) is 0 Å². The number of rotatable bonds is 3. The first-order chi connectivity index (χ1) is 9.78. The fraction of sp³-hybridized carbons (Fsp3) is 0.500. The first kappa shape index (κ1) is 13.6. The van der Waals surface area contributed by atoms with E-state index in [1.165, 1.54) is 36.8 Å². The highest BCUT2D eigenvalue weighted by Gasteiger charge is 2.27. The maximum atomic E-state index is 4.88. The Balaban J connectivity index is 1.90. The van der Waals surface area contributed by atoms with Gasteiger partial charge in [-0.1, -0.05) is 44.0 Å². The number of para-hydroxylation sites is 1. The molecule has 1 aliphatic carbocycles. The van der Waals surface area contributed by atoms with E-state index in [1.54, 1.807) is 0 Å². The zero-order valence-corrected chi connectivity index (χ0v) is 12.5. The number of fused-ring (bicyclic) bond motifs is 1. The number of hydrogen-bond acceptors (Lipinski definition) is 2. The molecule has 3 unspecified atom stereocenters. The number of nitrogens with one attached hydrogen (secondary N) is 1. The van der Waals surface area contributed by atoms with Crippen molar-refractivity contribution >= 4 is 10.9 Å². The van der Waals surface area contributed by atoms with Crippen molar-refractivity contribution in [3.05, 3.63) is 42.1 Å². The predicted octanol–water partition coefficient (Wildman–Crippen LogP) is 4.32. The number of nitrogens with zero attached hydrogens (tertiary/aromatic N) is 1. The summed E-state index contributed by atoms with van der Waals surface area (Å²) in [7, 11) is 2.07. The van der Waals surface area contributed by atoms with Crippen LogP contribution in [0.25, 0.3) is 10.9 Å². The Hall–Kier alpha value is -1.41. The summed E-state index contributed by atoms with van der Waals surface area (Å²) in [6.45, 7) is 2.38. The molecular formula is C18H24N2. The first-order valence-corrected chi connectivity index (χ1v) is 7.81. The minimum Gasteiger partial charge on any atom is -0.311 e. The zero-order valence-electron chi connectivity index (χ0n) is 12.5. The molecule has 106 valence electrons. The van der Waals surface area contributed by atoms with Crippen molar-refractivity contribution in [1.82, 2.24) is 10.3 Å². The standard InChI is InChI=1S/C18H24N2/c1-13-6-5-8-15(12-13)18(19-2)17-11-10-14-7-3-4-9-16(14)20-17/h3-4,7,9-11,13,15,18-19H,5-6,8,12H2,1-2H3. The molecule has 2 aromatic rings. The van der Waals surface area contributed by atoms with E-state index in [9.17, 15) is 0 Å². The Kier molecular flexibility index (Phi) is 4.02. The fourth-order valence-corrected chi connectivity index (χ4v) is 3.66. The molecule has 1 aromatic heterocycles. The topological polar surface area (TPSA) is 24.9 Å². The summed E-state index contributed by atoms with van der Waals surface area (Å²) in [6.07, 6.45) is 5.39. The van der Waals surface area contributed by atoms with Gasteiger partial charge in [-0.05, 0) is 43.9 Å². The lowest BCUT2D eigenvalue weighted by Crippen LogP contribution is -2.29. The molecule has 0 aliphatic heterocycles. The summed E-state index contributed by atoms with van der Waals surface area (Å²) >= 11 is 0. The van der Waals surface area contributed by atoms with Crippen molar-refractivity contribution in [3.63, 3.8) is 0 Å². The number of benzene rings is 1. The second-order valence-electron chi connectivity index (χ2n) is 6.23. The summed E-state index contributed by atoms with van der Waals surface area (Å²) in [5.74, 6) is 1.57. The fourth-order valence-electron chi connectivity index (χ4n) is 3.66. The van der Waals surface area contributed by atoms with E-state index in [1.807, 2.05) is 0 Å². The van der Waals surface area contributed by atoms with Crippen molar-refractivity contribution in [2.75, 3.05) is 7.05 Å². The highest BCUT2D eigenvalue weighted by atomic mass is 14.9. The van der Waals surface area contributed by atoms with Crippen LogP contribution in [0.2, 0.25) is 0 Å². The van der Waals surface area contributed by atoms with Gasteiger partial charge in [-0.25, -0.2) is 0 Å². The summed E-state index contributed by atoms with van der Waals surface area (Å²) in [6, 6.07) is 13.2. The number of aromatic nitrogens is 1. The molecule has 0 bridgehead atoms. The van der Waals surface area contributed by atoms with E-state index in [0.29, 0.717) is 6.04 Å². The molecule has 1 aliphatic rings. The minimum absolute atomic E-state index is 0.391. The predicted molar refractivity (Wildman–Crippen MR) is 84.7 cm³/mol. The average Bonchev–Trinajstić information content (AvgIpc) is 2.48. The van der Waals surface area contributed by atoms with Gasteiger partial charge in [0.25, 0.3) is 0 Å². The molecule has 2 heteroatoms. The maximum Gasteiger partial charge on any atom is 0.0706 e. The van der Waals surface area contributed by atoms with Gasteiger partial charge < -0.3 is 5.32 Å². The minimum atomic E-state index is 0.391. The van der Waals surface area contributed by atoms with Crippen LogP contribution in [0.4, 0.5) is 0 Å². The van der Waals surface area contributed by atoms with Gasteiger partial charge in [-0.15, -0.1) is 0 Å². The van der Waals surface area contributed by atoms with Gasteiger partial charge in [0, 0.05) is 5.39 Å². The quantitative estimate of drug-likeness (QED) is 0.896. The second-order valence-corrected chi connectivity index (χ2v) is 6.23. The van der Waals surface area contributed by atoms with Gasteiger partial charge in [-0.3, -0.25) is 4.98 Å². The van der Waals surface area contributed by atoms with Gasteiger partial charge in [0.2, 0.25) is 0 Å². The van der Waals surface area contributed by atoms with Crippen LogP contribution in [0, 0.1) is 11.8 Å². The largest absolute Gasteiger partial charge is 0.311 e. The molecule has 20 heavy (non-hydrogen) atoms. The third kappa shape index (κ3) is 2.71. The average molecular weight is 268 g/mol. The molecule has 0 amide bonds. The van der Waals surface area contributed by atoms with Crippen LogP contribution < -0.4 is 5.32 Å². The van der Waals surface area contributed by atoms with E-state index in [-0.39, 0.29) is 0 Å². The highest BCUT2D eigenvalue weighted by molar-refractivity contribution is 5.78. The molecule has 1 saturated carbocycles. The third-order valence-corrected chi connectivity index (χ3v) is 4.70. The van der Waals surface area contributed by atoms with Crippen molar-refractivity contribution in [2.45, 2.75) is 38.6 Å². The lowest BCUT2D eigenvalue weighted by atomic mass is 9.77. The van der Waals surface area contributed by atoms with Crippen LogP contribution in [-0.4, -0.2) is 12.0 Å². The first-order valence-electron chi connectivity index (χ1n) is 7.81. The third-order valence-electron chi connectivity index (χ3n) is 4.70. The van der Waals surface area contributed by atoms with Gasteiger partial charge in [0.1, 0.15) is 0 Å². The molecular weight excluding hydrogens is 244 g/mol. The van der Waals surface area contributed by atoms with Crippen molar-refractivity contribution in [3.8, 4) is 0 Å². The summed E-state index contributed by atoms with van der Waals surface area (Å²) < 4.78 is 0. The monoisotopic (exact) mass is 268 g/mol. The lowest BCUT2D eigenvalue weighted by Gasteiger charge is -2.33. The van der Waals surface area contributed by atoms with Crippen LogP contribution in [0.1, 0.15) is 44.3 Å². The molecule has 1 N–H and O–H groups in total. The van der Waals surface area contributed by atoms with Crippen LogP contribution in [0.15, 0.2) is 36.4 Å². The van der Waals surface area contributed by atoms with Gasteiger partial charge in [0.15, 0.2) is 0 Å². The summed E-state index contributed by atoms with van der Waals surface area (Å²) in [5.41, 5.74) is 2.31. The Morgan fingerprint density at radius 3 is 2.80 bits per heavy atom. The van der Waals surface area contributed by atoms with Crippen LogP contribution in [0.3, 0.4) is 0 Å². The molecule has 2 nitrogen and oxygen atoms in total. The Morgan fingerprint density at radius 1 is 1.15 bits per heavy atom. The second kappa shape index (κ2) is 5.92. The van der Waals surface area contributed by atoms with Crippen molar-refractivity contribution < 1.29 is 0 Å². The number of hydrogen-bond donors (Lipinski definition) is 1. The molecule has 1 aromatic carbocycles. The Bertz CT molecular complexity index is 578. The van der Waals surface area contributed by atoms with E-state index in [0.717, 1.165) is 17.4 Å². The van der Waals surface area contributed by atoms with Crippen LogP contribution in [0.5, 0.6) is 0 Å². The lowest BCUT2D eigenvalue weighted by molar-refractivity contribution is 0.227. The van der Waals surface area contributed by atoms with E-state index < -0.39 is 0 Å². The van der Waals surface area contributed by atoms with Crippen molar-refractivity contribution in [1.29, 1.82) is 0 Å². The normalized spacial score (nSPS) is 24.7. The Morgan fingerprint density at radius 2 is 2.00 bits per heavy atom. The molecule has 3 rings (SSSR count). The molecule has 0 radical (unpaired) electrons. The highest BCUT2D eigenvalue weighted by Crippen LogP contribution is 2.36. The van der Waals surface area contributed by atoms with Crippen LogP contribution in [-0.2, 0) is 0 Å². The number of pyridine rings is 1. The van der Waals surface area contributed by atoms with Crippen LogP contribution >= 0.6 is 0 Å². The molecule has 3 atom stereocenters. The summed E-state index contributed by atoms with van der Waals surface area (Å²) in [5, 5.41) is 4.74. The molecule has 1 heterocycles. The molecule has 0 spiro atoms. The SMILES string of the molecule is CNC(c1ccc2ccccc2n1)C1CCCC(C)C1. The molecule has 1 fully saturated rings. The maximum absolute atomic E-state index is 4.88. The van der Waals surface area contributed by atoms with Gasteiger partial charge >= 0.3 is 0 Å². The Labute approximate surface area is 121 Å². The van der Waals surface area contributed by atoms with Gasteiger partial charge in [0.05, 0.1) is 17.3 Å². The van der Waals surface area contributed by atoms with E-state index in [2.05, 4.69) is 55.7 Å². The molecule has 0 saturated heterocycles. The van der Waals surface area contributed by atoms with Crippen molar-refractivity contribution in [2.24, 2.45) is 11.8 Å². The summed E-state index contributed by atoms with van der Waals surface area (Å²) in [4.78, 5) is 4.88. The van der Waals surface area contributed by atoms with E-state index >= 15 is 0 Å². The smallest absolute Gasteiger partial charge is 0.0706 e. The zero-order chi connectivity index (χ0) is 13.9. The van der Waals surface area contributed by atoms with E-state index in [4.69, 9.17) is 4.98 Å².